The molecular formula is C15H21Cl2N2O+. The van der Waals surface area contributed by atoms with E-state index in [1.54, 1.807) is 18.2 Å². The van der Waals surface area contributed by atoms with Gasteiger partial charge in [0.1, 0.15) is 0 Å². The molecule has 1 atom stereocenters. The van der Waals surface area contributed by atoms with E-state index in [2.05, 4.69) is 12.2 Å². The Morgan fingerprint density at radius 3 is 2.60 bits per heavy atom. The summed E-state index contributed by atoms with van der Waals surface area (Å²) < 4.78 is 0. The number of hydrogen-bond acceptors (Lipinski definition) is 1. The van der Waals surface area contributed by atoms with E-state index < -0.39 is 0 Å². The van der Waals surface area contributed by atoms with Gasteiger partial charge in [0.15, 0.2) is 6.04 Å². The number of carbonyl (C=O) groups excluding carboxylic acids is 1. The molecule has 0 saturated carbocycles. The summed E-state index contributed by atoms with van der Waals surface area (Å²) in [7, 11) is 0. The second kappa shape index (κ2) is 6.79. The van der Waals surface area contributed by atoms with Gasteiger partial charge in [-0.05, 0) is 43.9 Å². The van der Waals surface area contributed by atoms with Crippen molar-refractivity contribution in [1.82, 2.24) is 0 Å². The Morgan fingerprint density at radius 2 is 2.00 bits per heavy atom. The molecule has 1 fully saturated rings. The van der Waals surface area contributed by atoms with Gasteiger partial charge in [-0.25, -0.2) is 0 Å². The summed E-state index contributed by atoms with van der Waals surface area (Å²) >= 11 is 11.9. The zero-order valence-electron chi connectivity index (χ0n) is 11.9. The molecule has 0 aliphatic carbocycles. The van der Waals surface area contributed by atoms with Crippen molar-refractivity contribution in [2.24, 2.45) is 5.92 Å². The lowest BCUT2D eigenvalue weighted by atomic mass is 9.98. The number of piperidine rings is 1. The maximum atomic E-state index is 12.3. The first-order valence-electron chi connectivity index (χ1n) is 7.08. The topological polar surface area (TPSA) is 33.5 Å². The number of rotatable bonds is 3. The number of quaternary nitrogens is 1. The van der Waals surface area contributed by atoms with Crippen LogP contribution in [0.5, 0.6) is 0 Å². The number of nitrogens with one attached hydrogen (secondary N) is 2. The van der Waals surface area contributed by atoms with Crippen LogP contribution in [0.25, 0.3) is 0 Å². The third kappa shape index (κ3) is 3.87. The number of likely N-dealkylation sites (tertiary alicyclic amines) is 1. The maximum Gasteiger partial charge on any atom is 0.282 e. The van der Waals surface area contributed by atoms with E-state index in [1.807, 2.05) is 6.92 Å². The van der Waals surface area contributed by atoms with Crippen molar-refractivity contribution >= 4 is 34.8 Å². The Balaban J connectivity index is 1.97. The van der Waals surface area contributed by atoms with E-state index in [9.17, 15) is 4.79 Å². The predicted octanol–water partition coefficient (Wildman–Crippen LogP) is 2.64. The SMILES string of the molecule is CC1CC[NH+]([C@H](C)C(=O)Nc2ccc(Cl)cc2Cl)CC1. The molecule has 1 saturated heterocycles. The second-order valence-corrected chi connectivity index (χ2v) is 6.52. The lowest BCUT2D eigenvalue weighted by molar-refractivity contribution is -0.919. The second-order valence-electron chi connectivity index (χ2n) is 5.68. The molecule has 0 unspecified atom stereocenters. The van der Waals surface area contributed by atoms with Crippen LogP contribution in [0.2, 0.25) is 10.0 Å². The zero-order valence-corrected chi connectivity index (χ0v) is 13.4. The van der Waals surface area contributed by atoms with Crippen LogP contribution in [0, 0.1) is 5.92 Å². The summed E-state index contributed by atoms with van der Waals surface area (Å²) in [4.78, 5) is 13.7. The third-order valence-corrected chi connectivity index (χ3v) is 4.66. The van der Waals surface area contributed by atoms with Crippen LogP contribution in [-0.4, -0.2) is 25.0 Å². The monoisotopic (exact) mass is 315 g/mol. The van der Waals surface area contributed by atoms with Crippen molar-refractivity contribution in [2.75, 3.05) is 18.4 Å². The molecule has 5 heteroatoms. The number of benzene rings is 1. The van der Waals surface area contributed by atoms with E-state index in [4.69, 9.17) is 23.2 Å². The highest BCUT2D eigenvalue weighted by molar-refractivity contribution is 6.36. The molecule has 1 aromatic rings. The lowest BCUT2D eigenvalue weighted by Gasteiger charge is -2.31. The molecule has 0 aromatic heterocycles. The third-order valence-electron chi connectivity index (χ3n) is 4.11. The van der Waals surface area contributed by atoms with Crippen LogP contribution in [0.4, 0.5) is 5.69 Å². The summed E-state index contributed by atoms with van der Waals surface area (Å²) in [5.41, 5.74) is 0.623. The highest BCUT2D eigenvalue weighted by Gasteiger charge is 2.28. The molecule has 3 nitrogen and oxygen atoms in total. The summed E-state index contributed by atoms with van der Waals surface area (Å²) in [5, 5.41) is 3.93. The molecule has 1 aliphatic rings. The molecule has 2 rings (SSSR count). The minimum atomic E-state index is -0.0609. The average Bonchev–Trinajstić information content (AvgIpc) is 2.42. The van der Waals surface area contributed by atoms with Crippen molar-refractivity contribution < 1.29 is 9.69 Å². The summed E-state index contributed by atoms with van der Waals surface area (Å²) in [6, 6.07) is 5.04. The number of amides is 1. The van der Waals surface area contributed by atoms with Crippen LogP contribution in [0.15, 0.2) is 18.2 Å². The molecule has 2 N–H and O–H groups in total. The van der Waals surface area contributed by atoms with Crippen molar-refractivity contribution in [1.29, 1.82) is 0 Å². The van der Waals surface area contributed by atoms with Gasteiger partial charge in [-0.1, -0.05) is 30.1 Å². The Hall–Kier alpha value is -0.770. The van der Waals surface area contributed by atoms with E-state index in [-0.39, 0.29) is 11.9 Å². The van der Waals surface area contributed by atoms with Gasteiger partial charge in [0.2, 0.25) is 0 Å². The van der Waals surface area contributed by atoms with Crippen LogP contribution >= 0.6 is 23.2 Å². The zero-order chi connectivity index (χ0) is 14.7. The van der Waals surface area contributed by atoms with Gasteiger partial charge in [-0.2, -0.15) is 0 Å². The maximum absolute atomic E-state index is 12.3. The summed E-state index contributed by atoms with van der Waals surface area (Å²) in [6.45, 7) is 6.37. The van der Waals surface area contributed by atoms with Crippen molar-refractivity contribution in [3.8, 4) is 0 Å². The van der Waals surface area contributed by atoms with Gasteiger partial charge in [0, 0.05) is 5.02 Å². The molecule has 1 heterocycles. The van der Waals surface area contributed by atoms with Gasteiger partial charge >= 0.3 is 0 Å². The molecule has 110 valence electrons. The van der Waals surface area contributed by atoms with E-state index in [0.29, 0.717) is 15.7 Å². The number of carbonyl (C=O) groups is 1. The largest absolute Gasteiger partial charge is 0.325 e. The fourth-order valence-electron chi connectivity index (χ4n) is 2.58. The molecule has 0 radical (unpaired) electrons. The molecule has 0 bridgehead atoms. The quantitative estimate of drug-likeness (QED) is 0.883. The van der Waals surface area contributed by atoms with Gasteiger partial charge in [0.25, 0.3) is 5.91 Å². The van der Waals surface area contributed by atoms with Crippen LogP contribution in [0.1, 0.15) is 26.7 Å². The fourth-order valence-corrected chi connectivity index (χ4v) is 3.04. The standard InChI is InChI=1S/C15H20Cl2N2O/c1-10-5-7-19(8-6-10)11(2)15(20)18-14-4-3-12(16)9-13(14)17/h3-4,9-11H,5-8H2,1-2H3,(H,18,20)/p+1/t11-/m1/s1. The first-order chi connectivity index (χ1) is 9.47. The van der Waals surface area contributed by atoms with E-state index in [1.165, 1.54) is 17.7 Å². The summed E-state index contributed by atoms with van der Waals surface area (Å²) in [5.74, 6) is 0.790. The van der Waals surface area contributed by atoms with Crippen LogP contribution < -0.4 is 10.2 Å². The number of hydrogen-bond donors (Lipinski definition) is 2. The normalized spacial score (nSPS) is 24.2. The Labute approximate surface area is 130 Å². The van der Waals surface area contributed by atoms with Crippen LogP contribution in [-0.2, 0) is 4.79 Å². The first kappa shape index (κ1) is 15.6. The van der Waals surface area contributed by atoms with Gasteiger partial charge in [0.05, 0.1) is 23.8 Å². The number of halogens is 2. The molecular weight excluding hydrogens is 295 g/mol. The Kier molecular flexibility index (Phi) is 5.30. The minimum absolute atomic E-state index is 0.0128. The minimum Gasteiger partial charge on any atom is -0.325 e. The van der Waals surface area contributed by atoms with E-state index >= 15 is 0 Å². The number of anilines is 1. The van der Waals surface area contributed by atoms with Crippen LogP contribution in [0.3, 0.4) is 0 Å². The molecule has 1 aliphatic heterocycles. The predicted molar refractivity (Wildman–Crippen MR) is 83.6 cm³/mol. The lowest BCUT2D eigenvalue weighted by Crippen LogP contribution is -3.17. The highest BCUT2D eigenvalue weighted by atomic mass is 35.5. The van der Waals surface area contributed by atoms with Crippen molar-refractivity contribution in [2.45, 2.75) is 32.7 Å². The Morgan fingerprint density at radius 1 is 1.35 bits per heavy atom. The first-order valence-corrected chi connectivity index (χ1v) is 7.83. The molecule has 0 spiro atoms. The fraction of sp³-hybridized carbons (Fsp3) is 0.533. The smallest absolute Gasteiger partial charge is 0.282 e. The molecule has 20 heavy (non-hydrogen) atoms. The Bertz CT molecular complexity index is 485. The van der Waals surface area contributed by atoms with Crippen molar-refractivity contribution in [3.63, 3.8) is 0 Å². The van der Waals surface area contributed by atoms with E-state index in [0.717, 1.165) is 19.0 Å². The molecule has 1 aromatic carbocycles. The summed E-state index contributed by atoms with van der Waals surface area (Å²) in [6.07, 6.45) is 2.38. The highest BCUT2D eigenvalue weighted by Crippen LogP contribution is 2.25. The average molecular weight is 316 g/mol. The van der Waals surface area contributed by atoms with Gasteiger partial charge in [-0.15, -0.1) is 0 Å². The van der Waals surface area contributed by atoms with Crippen molar-refractivity contribution in [3.05, 3.63) is 28.2 Å². The van der Waals surface area contributed by atoms with Gasteiger partial charge in [-0.3, -0.25) is 4.79 Å². The molecule has 1 amide bonds. The van der Waals surface area contributed by atoms with Gasteiger partial charge < -0.3 is 10.2 Å².